The summed E-state index contributed by atoms with van der Waals surface area (Å²) in [4.78, 5) is 0. The largest absolute Gasteiger partial charge is 0.496 e. The van der Waals surface area contributed by atoms with E-state index in [1.54, 1.807) is 24.9 Å². The summed E-state index contributed by atoms with van der Waals surface area (Å²) in [6, 6.07) is 5.49. The van der Waals surface area contributed by atoms with Gasteiger partial charge in [-0.05, 0) is 6.07 Å². The summed E-state index contributed by atoms with van der Waals surface area (Å²) < 4.78 is 27.1. The van der Waals surface area contributed by atoms with Gasteiger partial charge in [-0.2, -0.15) is 11.8 Å². The molecule has 0 amide bonds. The summed E-state index contributed by atoms with van der Waals surface area (Å²) in [5, 5.41) is 0. The standard InChI is InChI=1S/C11H17NO3S2/c1-15-11-7-10(12)4-3-9(11)8-16-5-6-17(2,13)14/h3-4,7H,5-6,8,12H2,1-2H3. The van der Waals surface area contributed by atoms with Crippen molar-refractivity contribution in [3.63, 3.8) is 0 Å². The topological polar surface area (TPSA) is 69.4 Å². The van der Waals surface area contributed by atoms with Crippen LogP contribution in [0.25, 0.3) is 0 Å². The molecule has 0 fully saturated rings. The molecule has 17 heavy (non-hydrogen) atoms. The van der Waals surface area contributed by atoms with Crippen molar-refractivity contribution in [3.8, 4) is 5.75 Å². The average molecular weight is 275 g/mol. The Balaban J connectivity index is 2.52. The van der Waals surface area contributed by atoms with Gasteiger partial charge in [0.1, 0.15) is 15.6 Å². The predicted molar refractivity (Wildman–Crippen MR) is 73.3 cm³/mol. The van der Waals surface area contributed by atoms with Gasteiger partial charge in [-0.1, -0.05) is 6.07 Å². The molecule has 0 aliphatic carbocycles. The van der Waals surface area contributed by atoms with Crippen molar-refractivity contribution >= 4 is 27.3 Å². The number of nitrogen functional groups attached to an aromatic ring is 1. The average Bonchev–Trinajstić information content (AvgIpc) is 2.24. The molecule has 0 unspecified atom stereocenters. The third-order valence-corrected chi connectivity index (χ3v) is 4.38. The lowest BCUT2D eigenvalue weighted by Crippen LogP contribution is -2.05. The molecule has 0 saturated heterocycles. The van der Waals surface area contributed by atoms with Crippen LogP contribution in [0.4, 0.5) is 5.69 Å². The van der Waals surface area contributed by atoms with E-state index in [4.69, 9.17) is 10.5 Å². The fourth-order valence-electron chi connectivity index (χ4n) is 1.27. The molecule has 0 aliphatic heterocycles. The molecule has 6 heteroatoms. The van der Waals surface area contributed by atoms with Crippen molar-refractivity contribution in [1.29, 1.82) is 0 Å². The number of thioether (sulfide) groups is 1. The molecule has 0 saturated carbocycles. The highest BCUT2D eigenvalue weighted by Crippen LogP contribution is 2.25. The normalized spacial score (nSPS) is 11.4. The SMILES string of the molecule is COc1cc(N)ccc1CSCCS(C)(=O)=O. The zero-order valence-corrected chi connectivity index (χ0v) is 11.6. The first-order valence-electron chi connectivity index (χ1n) is 5.10. The summed E-state index contributed by atoms with van der Waals surface area (Å²) in [5.41, 5.74) is 7.34. The maximum atomic E-state index is 11.0. The molecule has 1 aromatic carbocycles. The number of benzene rings is 1. The Morgan fingerprint density at radius 3 is 2.71 bits per heavy atom. The van der Waals surface area contributed by atoms with Gasteiger partial charge < -0.3 is 10.5 Å². The van der Waals surface area contributed by atoms with Gasteiger partial charge in [-0.15, -0.1) is 0 Å². The second-order valence-corrected chi connectivity index (χ2v) is 7.12. The molecule has 0 radical (unpaired) electrons. The lowest BCUT2D eigenvalue weighted by Gasteiger charge is -2.08. The first-order chi connectivity index (χ1) is 7.92. The number of anilines is 1. The molecule has 0 atom stereocenters. The fourth-order valence-corrected chi connectivity index (χ4v) is 3.56. The van der Waals surface area contributed by atoms with Crippen LogP contribution in [0.1, 0.15) is 5.56 Å². The van der Waals surface area contributed by atoms with Crippen LogP contribution in [0.2, 0.25) is 0 Å². The predicted octanol–water partition coefficient (Wildman–Crippen LogP) is 1.56. The smallest absolute Gasteiger partial charge is 0.148 e. The molecule has 2 N–H and O–H groups in total. The van der Waals surface area contributed by atoms with Crippen molar-refractivity contribution < 1.29 is 13.2 Å². The molecule has 96 valence electrons. The van der Waals surface area contributed by atoms with Gasteiger partial charge in [-0.25, -0.2) is 8.42 Å². The van der Waals surface area contributed by atoms with Gasteiger partial charge in [0.2, 0.25) is 0 Å². The summed E-state index contributed by atoms with van der Waals surface area (Å²) in [6.07, 6.45) is 1.25. The molecule has 4 nitrogen and oxygen atoms in total. The van der Waals surface area contributed by atoms with Crippen LogP contribution >= 0.6 is 11.8 Å². The quantitative estimate of drug-likeness (QED) is 0.630. The summed E-state index contributed by atoms with van der Waals surface area (Å²) >= 11 is 1.57. The van der Waals surface area contributed by atoms with E-state index in [1.165, 1.54) is 6.26 Å². The van der Waals surface area contributed by atoms with Crippen LogP contribution in [0.15, 0.2) is 18.2 Å². The minimum Gasteiger partial charge on any atom is -0.496 e. The zero-order chi connectivity index (χ0) is 12.9. The van der Waals surface area contributed by atoms with Crippen molar-refractivity contribution in [2.45, 2.75) is 5.75 Å². The summed E-state index contributed by atoms with van der Waals surface area (Å²) in [5.74, 6) is 2.26. The lowest BCUT2D eigenvalue weighted by atomic mass is 10.2. The van der Waals surface area contributed by atoms with Crippen molar-refractivity contribution in [1.82, 2.24) is 0 Å². The number of ether oxygens (including phenoxy) is 1. The monoisotopic (exact) mass is 275 g/mol. The number of methoxy groups -OCH3 is 1. The second kappa shape index (κ2) is 6.16. The van der Waals surface area contributed by atoms with E-state index in [-0.39, 0.29) is 5.75 Å². The summed E-state index contributed by atoms with van der Waals surface area (Å²) in [6.45, 7) is 0. The Morgan fingerprint density at radius 2 is 2.12 bits per heavy atom. The van der Waals surface area contributed by atoms with Gasteiger partial charge in [0, 0.05) is 35.1 Å². The van der Waals surface area contributed by atoms with E-state index in [1.807, 2.05) is 12.1 Å². The Labute approximate surface area is 106 Å². The van der Waals surface area contributed by atoms with Crippen LogP contribution < -0.4 is 10.5 Å². The maximum absolute atomic E-state index is 11.0. The Bertz CT molecular complexity index is 472. The van der Waals surface area contributed by atoms with Crippen molar-refractivity contribution in [3.05, 3.63) is 23.8 Å². The third kappa shape index (κ3) is 5.32. The fraction of sp³-hybridized carbons (Fsp3) is 0.455. The number of hydrogen-bond donors (Lipinski definition) is 1. The van der Waals surface area contributed by atoms with Gasteiger partial charge in [0.25, 0.3) is 0 Å². The first-order valence-corrected chi connectivity index (χ1v) is 8.32. The molecule has 0 aliphatic rings. The number of hydrogen-bond acceptors (Lipinski definition) is 5. The van der Waals surface area contributed by atoms with E-state index < -0.39 is 9.84 Å². The van der Waals surface area contributed by atoms with Gasteiger partial charge >= 0.3 is 0 Å². The van der Waals surface area contributed by atoms with E-state index in [0.29, 0.717) is 11.4 Å². The molecule has 0 bridgehead atoms. The van der Waals surface area contributed by atoms with E-state index in [2.05, 4.69) is 0 Å². The van der Waals surface area contributed by atoms with Crippen LogP contribution in [0, 0.1) is 0 Å². The minimum atomic E-state index is -2.87. The molecule has 1 aromatic rings. The third-order valence-electron chi connectivity index (χ3n) is 2.17. The molecule has 0 spiro atoms. The number of sulfone groups is 1. The Morgan fingerprint density at radius 1 is 1.41 bits per heavy atom. The van der Waals surface area contributed by atoms with Crippen LogP contribution in [0.3, 0.4) is 0 Å². The Kier molecular flexibility index (Phi) is 5.14. The van der Waals surface area contributed by atoms with Gasteiger partial charge in [0.05, 0.1) is 12.9 Å². The van der Waals surface area contributed by atoms with Gasteiger partial charge in [0.15, 0.2) is 0 Å². The van der Waals surface area contributed by atoms with E-state index in [0.717, 1.165) is 17.1 Å². The second-order valence-electron chi connectivity index (χ2n) is 3.75. The molecular weight excluding hydrogens is 258 g/mol. The van der Waals surface area contributed by atoms with Crippen LogP contribution in [-0.2, 0) is 15.6 Å². The van der Waals surface area contributed by atoms with E-state index >= 15 is 0 Å². The van der Waals surface area contributed by atoms with Crippen molar-refractivity contribution in [2.75, 3.05) is 30.6 Å². The van der Waals surface area contributed by atoms with Crippen molar-refractivity contribution in [2.24, 2.45) is 0 Å². The molecule has 1 rings (SSSR count). The highest BCUT2D eigenvalue weighted by molar-refractivity contribution is 7.99. The highest BCUT2D eigenvalue weighted by Gasteiger charge is 2.05. The number of nitrogens with two attached hydrogens (primary N) is 1. The van der Waals surface area contributed by atoms with Crippen LogP contribution in [-0.4, -0.2) is 33.3 Å². The number of rotatable bonds is 6. The lowest BCUT2D eigenvalue weighted by molar-refractivity contribution is 0.411. The highest BCUT2D eigenvalue weighted by atomic mass is 32.2. The van der Waals surface area contributed by atoms with Crippen LogP contribution in [0.5, 0.6) is 5.75 Å². The van der Waals surface area contributed by atoms with Gasteiger partial charge in [-0.3, -0.25) is 0 Å². The summed E-state index contributed by atoms with van der Waals surface area (Å²) in [7, 11) is -1.28. The Hall–Kier alpha value is -0.880. The molecule has 0 aromatic heterocycles. The first kappa shape index (κ1) is 14.2. The molecule has 0 heterocycles. The zero-order valence-electron chi connectivity index (χ0n) is 9.97. The molecular formula is C11H17NO3S2. The maximum Gasteiger partial charge on any atom is 0.148 e. The van der Waals surface area contributed by atoms with E-state index in [9.17, 15) is 8.42 Å². The minimum absolute atomic E-state index is 0.203.